The molecule has 1 heterocycles. The lowest BCUT2D eigenvalue weighted by Gasteiger charge is -2.25. The maximum atomic E-state index is 4.70. The van der Waals surface area contributed by atoms with E-state index < -0.39 is 0 Å². The second kappa shape index (κ2) is 9.00. The van der Waals surface area contributed by atoms with Crippen molar-refractivity contribution in [3.05, 3.63) is 23.4 Å². The lowest BCUT2D eigenvalue weighted by atomic mass is 10.2. The third kappa shape index (κ3) is 6.44. The lowest BCUT2D eigenvalue weighted by molar-refractivity contribution is 0.400. The molecule has 0 aromatic carbocycles. The molecule has 0 unspecified atom stereocenters. The predicted octanol–water partition coefficient (Wildman–Crippen LogP) is 2.67. The molecule has 0 aliphatic carbocycles. The lowest BCUT2D eigenvalue weighted by Crippen LogP contribution is -2.28. The number of nitrogens with zero attached hydrogens (tertiary/aromatic N) is 3. The SMILES string of the molecule is CCN(CCCN(C)C)c1ncc(CNC(C)C)cc1C. The molecular formula is C17H32N4. The van der Waals surface area contributed by atoms with Crippen molar-refractivity contribution in [1.82, 2.24) is 15.2 Å². The van der Waals surface area contributed by atoms with E-state index in [1.54, 1.807) is 0 Å². The summed E-state index contributed by atoms with van der Waals surface area (Å²) in [5, 5.41) is 3.44. The second-order valence-electron chi connectivity index (χ2n) is 6.26. The molecule has 0 atom stereocenters. The van der Waals surface area contributed by atoms with Gasteiger partial charge in [0.05, 0.1) is 0 Å². The van der Waals surface area contributed by atoms with Gasteiger partial charge in [-0.1, -0.05) is 13.8 Å². The quantitative estimate of drug-likeness (QED) is 0.758. The minimum atomic E-state index is 0.503. The normalized spacial score (nSPS) is 11.4. The molecular weight excluding hydrogens is 260 g/mol. The fraction of sp³-hybridized carbons (Fsp3) is 0.706. The Morgan fingerprint density at radius 2 is 1.95 bits per heavy atom. The number of pyridine rings is 1. The van der Waals surface area contributed by atoms with Crippen LogP contribution in [-0.4, -0.2) is 49.7 Å². The highest BCUT2D eigenvalue weighted by molar-refractivity contribution is 5.47. The van der Waals surface area contributed by atoms with Crippen LogP contribution in [0.2, 0.25) is 0 Å². The van der Waals surface area contributed by atoms with E-state index in [9.17, 15) is 0 Å². The summed E-state index contributed by atoms with van der Waals surface area (Å²) in [5.41, 5.74) is 2.53. The minimum Gasteiger partial charge on any atom is -0.357 e. The number of aromatic nitrogens is 1. The standard InChI is InChI=1S/C17H32N4/c1-7-21(10-8-9-20(5)6)17-15(4)11-16(13-19-17)12-18-14(2)3/h11,13-14,18H,7-10,12H2,1-6H3. The van der Waals surface area contributed by atoms with E-state index in [1.807, 2.05) is 6.20 Å². The Hall–Kier alpha value is -1.13. The van der Waals surface area contributed by atoms with Crippen LogP contribution < -0.4 is 10.2 Å². The van der Waals surface area contributed by atoms with Gasteiger partial charge in [-0.15, -0.1) is 0 Å². The average Bonchev–Trinajstić information content (AvgIpc) is 2.42. The van der Waals surface area contributed by atoms with Gasteiger partial charge in [0.2, 0.25) is 0 Å². The molecule has 0 radical (unpaired) electrons. The smallest absolute Gasteiger partial charge is 0.131 e. The van der Waals surface area contributed by atoms with Crippen LogP contribution in [0.3, 0.4) is 0 Å². The summed E-state index contributed by atoms with van der Waals surface area (Å²) < 4.78 is 0. The van der Waals surface area contributed by atoms with Gasteiger partial charge in [-0.2, -0.15) is 0 Å². The van der Waals surface area contributed by atoms with Crippen molar-refractivity contribution in [2.45, 2.75) is 46.7 Å². The molecule has 21 heavy (non-hydrogen) atoms. The van der Waals surface area contributed by atoms with Crippen molar-refractivity contribution in [3.63, 3.8) is 0 Å². The summed E-state index contributed by atoms with van der Waals surface area (Å²) in [4.78, 5) is 9.30. The Morgan fingerprint density at radius 1 is 1.24 bits per heavy atom. The maximum absolute atomic E-state index is 4.70. The van der Waals surface area contributed by atoms with Gasteiger partial charge in [0.15, 0.2) is 0 Å². The van der Waals surface area contributed by atoms with Crippen LogP contribution in [0.4, 0.5) is 5.82 Å². The Kier molecular flexibility index (Phi) is 7.68. The number of anilines is 1. The molecule has 1 N–H and O–H groups in total. The van der Waals surface area contributed by atoms with Crippen molar-refractivity contribution in [3.8, 4) is 0 Å². The van der Waals surface area contributed by atoms with E-state index in [4.69, 9.17) is 4.98 Å². The first-order chi connectivity index (χ1) is 9.93. The highest BCUT2D eigenvalue weighted by atomic mass is 15.2. The summed E-state index contributed by atoms with van der Waals surface area (Å²) in [7, 11) is 4.24. The van der Waals surface area contributed by atoms with Gasteiger partial charge < -0.3 is 15.1 Å². The fourth-order valence-corrected chi connectivity index (χ4v) is 2.37. The molecule has 4 nitrogen and oxygen atoms in total. The van der Waals surface area contributed by atoms with Gasteiger partial charge in [-0.3, -0.25) is 0 Å². The monoisotopic (exact) mass is 292 g/mol. The maximum Gasteiger partial charge on any atom is 0.131 e. The highest BCUT2D eigenvalue weighted by Gasteiger charge is 2.10. The Morgan fingerprint density at radius 3 is 2.48 bits per heavy atom. The van der Waals surface area contributed by atoms with Crippen molar-refractivity contribution >= 4 is 5.82 Å². The summed E-state index contributed by atoms with van der Waals surface area (Å²) in [5.74, 6) is 1.13. The molecule has 0 aliphatic rings. The van der Waals surface area contributed by atoms with Crippen LogP contribution >= 0.6 is 0 Å². The van der Waals surface area contributed by atoms with Gasteiger partial charge in [-0.05, 0) is 58.1 Å². The zero-order valence-electron chi connectivity index (χ0n) is 14.6. The molecule has 1 aromatic rings. The zero-order chi connectivity index (χ0) is 15.8. The summed E-state index contributed by atoms with van der Waals surface area (Å²) >= 11 is 0. The van der Waals surface area contributed by atoms with E-state index in [-0.39, 0.29) is 0 Å². The average molecular weight is 292 g/mol. The van der Waals surface area contributed by atoms with Gasteiger partial charge in [0.25, 0.3) is 0 Å². The van der Waals surface area contributed by atoms with Crippen molar-refractivity contribution in [2.75, 3.05) is 38.6 Å². The first kappa shape index (κ1) is 17.9. The van der Waals surface area contributed by atoms with Crippen LogP contribution in [0.5, 0.6) is 0 Å². The predicted molar refractivity (Wildman–Crippen MR) is 92.0 cm³/mol. The topological polar surface area (TPSA) is 31.4 Å². The largest absolute Gasteiger partial charge is 0.357 e. The summed E-state index contributed by atoms with van der Waals surface area (Å²) in [6.07, 6.45) is 3.17. The van der Waals surface area contributed by atoms with Gasteiger partial charge >= 0.3 is 0 Å². The molecule has 120 valence electrons. The summed E-state index contributed by atoms with van der Waals surface area (Å²) in [6, 6.07) is 2.76. The molecule has 1 aromatic heterocycles. The number of rotatable bonds is 9. The molecule has 4 heteroatoms. The van der Waals surface area contributed by atoms with Gasteiger partial charge in [0, 0.05) is 31.9 Å². The number of hydrogen-bond acceptors (Lipinski definition) is 4. The van der Waals surface area contributed by atoms with Gasteiger partial charge in [0.1, 0.15) is 5.82 Å². The van der Waals surface area contributed by atoms with Crippen LogP contribution in [0.1, 0.15) is 38.3 Å². The van der Waals surface area contributed by atoms with Crippen LogP contribution in [0.25, 0.3) is 0 Å². The molecule has 1 rings (SSSR count). The van der Waals surface area contributed by atoms with E-state index in [0.717, 1.165) is 32.0 Å². The number of hydrogen-bond donors (Lipinski definition) is 1. The van der Waals surface area contributed by atoms with Crippen LogP contribution in [0.15, 0.2) is 12.3 Å². The molecule has 0 spiro atoms. The van der Waals surface area contributed by atoms with E-state index in [1.165, 1.54) is 17.5 Å². The van der Waals surface area contributed by atoms with Crippen LogP contribution in [0, 0.1) is 6.92 Å². The van der Waals surface area contributed by atoms with Gasteiger partial charge in [-0.25, -0.2) is 4.98 Å². The van der Waals surface area contributed by atoms with E-state index >= 15 is 0 Å². The molecule has 0 amide bonds. The summed E-state index contributed by atoms with van der Waals surface area (Å²) in [6.45, 7) is 12.8. The van der Waals surface area contributed by atoms with Crippen molar-refractivity contribution < 1.29 is 0 Å². The highest BCUT2D eigenvalue weighted by Crippen LogP contribution is 2.18. The first-order valence-corrected chi connectivity index (χ1v) is 8.02. The zero-order valence-corrected chi connectivity index (χ0v) is 14.6. The minimum absolute atomic E-state index is 0.503. The fourth-order valence-electron chi connectivity index (χ4n) is 2.37. The second-order valence-corrected chi connectivity index (χ2v) is 6.26. The van der Waals surface area contributed by atoms with Crippen molar-refractivity contribution in [1.29, 1.82) is 0 Å². The molecule has 0 aliphatic heterocycles. The molecule has 0 saturated carbocycles. The third-order valence-electron chi connectivity index (χ3n) is 3.54. The van der Waals surface area contributed by atoms with E-state index in [2.05, 4.69) is 63.0 Å². The Bertz CT molecular complexity index is 415. The van der Waals surface area contributed by atoms with E-state index in [0.29, 0.717) is 6.04 Å². The Balaban J connectivity index is 2.67. The number of nitrogens with one attached hydrogen (secondary N) is 1. The molecule has 0 bridgehead atoms. The Labute approximate surface area is 130 Å². The third-order valence-corrected chi connectivity index (χ3v) is 3.54. The van der Waals surface area contributed by atoms with Crippen LogP contribution in [-0.2, 0) is 6.54 Å². The van der Waals surface area contributed by atoms with Crippen molar-refractivity contribution in [2.24, 2.45) is 0 Å². The molecule has 0 fully saturated rings. The first-order valence-electron chi connectivity index (χ1n) is 8.02. The number of aryl methyl sites for hydroxylation is 1. The molecule has 0 saturated heterocycles.